The molecule has 156 valence electrons. The van der Waals surface area contributed by atoms with Gasteiger partial charge in [0, 0.05) is 29.4 Å². The molecule has 1 amide bonds. The van der Waals surface area contributed by atoms with Gasteiger partial charge in [-0.2, -0.15) is 5.10 Å². The second kappa shape index (κ2) is 8.73. The normalized spacial score (nSPS) is 14.4. The zero-order chi connectivity index (χ0) is 21.1. The smallest absolute Gasteiger partial charge is 0.228 e. The maximum absolute atomic E-state index is 13.4. The third-order valence-electron chi connectivity index (χ3n) is 4.75. The highest BCUT2D eigenvalue weighted by Crippen LogP contribution is 2.32. The van der Waals surface area contributed by atoms with Gasteiger partial charge >= 0.3 is 0 Å². The summed E-state index contributed by atoms with van der Waals surface area (Å²) in [6, 6.07) is 9.84. The highest BCUT2D eigenvalue weighted by molar-refractivity contribution is 5.92. The summed E-state index contributed by atoms with van der Waals surface area (Å²) in [5, 5.41) is 7.51. The van der Waals surface area contributed by atoms with Gasteiger partial charge in [0.25, 0.3) is 0 Å². The number of carbonyl (C=O) groups is 1. The molecule has 1 saturated heterocycles. The molecule has 1 aliphatic heterocycles. The van der Waals surface area contributed by atoms with Crippen LogP contribution in [0.3, 0.4) is 0 Å². The molecule has 3 aromatic rings. The summed E-state index contributed by atoms with van der Waals surface area (Å²) in [4.78, 5) is 16.3. The number of rotatable bonds is 6. The predicted molar refractivity (Wildman–Crippen MR) is 110 cm³/mol. The van der Waals surface area contributed by atoms with Crippen molar-refractivity contribution in [1.82, 2.24) is 14.8 Å². The molecule has 3 heterocycles. The molecule has 8 heteroatoms. The number of anilines is 1. The summed E-state index contributed by atoms with van der Waals surface area (Å²) in [5.74, 6) is -0.106. The molecule has 0 aliphatic carbocycles. The molecule has 0 saturated carbocycles. The first kappa shape index (κ1) is 20.2. The molecule has 1 fully saturated rings. The number of halogens is 1. The topological polar surface area (TPSA) is 78.3 Å². The number of nitrogens with one attached hydrogen (secondary N) is 1. The van der Waals surface area contributed by atoms with E-state index in [0.29, 0.717) is 31.3 Å². The van der Waals surface area contributed by atoms with Crippen LogP contribution in [0.2, 0.25) is 0 Å². The molecule has 2 aromatic heterocycles. The number of ether oxygens (including phenoxy) is 2. The van der Waals surface area contributed by atoms with Crippen molar-refractivity contribution >= 4 is 11.7 Å². The van der Waals surface area contributed by atoms with Gasteiger partial charge in [-0.05, 0) is 42.0 Å². The van der Waals surface area contributed by atoms with Crippen molar-refractivity contribution < 1.29 is 18.7 Å². The Morgan fingerprint density at radius 2 is 1.93 bits per heavy atom. The number of hydrogen-bond acceptors (Lipinski definition) is 5. The van der Waals surface area contributed by atoms with Crippen LogP contribution in [0.25, 0.3) is 22.4 Å². The molecule has 0 spiro atoms. The minimum absolute atomic E-state index is 0.107. The zero-order valence-electron chi connectivity index (χ0n) is 16.8. The highest BCUT2D eigenvalue weighted by Gasteiger charge is 2.20. The molecule has 7 nitrogen and oxygen atoms in total. The molecule has 4 rings (SSSR count). The average molecular weight is 410 g/mol. The number of pyridine rings is 1. The molecule has 1 aromatic carbocycles. The van der Waals surface area contributed by atoms with Crippen molar-refractivity contribution in [3.63, 3.8) is 0 Å². The predicted octanol–water partition coefficient (Wildman–Crippen LogP) is 3.72. The molecule has 0 radical (unpaired) electrons. The van der Waals surface area contributed by atoms with Gasteiger partial charge in [-0.15, -0.1) is 0 Å². The van der Waals surface area contributed by atoms with E-state index in [1.54, 1.807) is 29.1 Å². The lowest BCUT2D eigenvalue weighted by Gasteiger charge is -2.09. The van der Waals surface area contributed by atoms with E-state index in [9.17, 15) is 9.18 Å². The summed E-state index contributed by atoms with van der Waals surface area (Å²) in [7, 11) is 0. The van der Waals surface area contributed by atoms with E-state index in [4.69, 9.17) is 14.6 Å². The Bertz CT molecular complexity index is 1030. The minimum atomic E-state index is -0.350. The lowest BCUT2D eigenvalue weighted by molar-refractivity contribution is -0.118. The van der Waals surface area contributed by atoms with Gasteiger partial charge in [0.2, 0.25) is 5.91 Å². The van der Waals surface area contributed by atoms with Crippen LogP contribution < -0.4 is 5.32 Å². The Balaban J connectivity index is 1.71. The van der Waals surface area contributed by atoms with Crippen molar-refractivity contribution in [2.75, 3.05) is 18.5 Å². The summed E-state index contributed by atoms with van der Waals surface area (Å²) >= 11 is 0. The first-order valence-electron chi connectivity index (χ1n) is 9.83. The van der Waals surface area contributed by atoms with Gasteiger partial charge < -0.3 is 14.8 Å². The maximum Gasteiger partial charge on any atom is 0.228 e. The van der Waals surface area contributed by atoms with E-state index in [0.717, 1.165) is 16.7 Å². The average Bonchev–Trinajstić information content (AvgIpc) is 3.39. The van der Waals surface area contributed by atoms with Gasteiger partial charge in [0.15, 0.2) is 6.29 Å². The van der Waals surface area contributed by atoms with Crippen molar-refractivity contribution in [3.05, 3.63) is 54.6 Å². The summed E-state index contributed by atoms with van der Waals surface area (Å²) in [6.07, 6.45) is 3.19. The Hall–Kier alpha value is -3.10. The van der Waals surface area contributed by atoms with Crippen molar-refractivity contribution in [1.29, 1.82) is 0 Å². The molecule has 1 N–H and O–H groups in total. The van der Waals surface area contributed by atoms with Crippen molar-refractivity contribution in [2.24, 2.45) is 5.92 Å². The summed E-state index contributed by atoms with van der Waals surface area (Å²) in [5.41, 5.74) is 3.15. The van der Waals surface area contributed by atoms with E-state index >= 15 is 0 Å². The lowest BCUT2D eigenvalue weighted by atomic mass is 10.0. The van der Waals surface area contributed by atoms with E-state index in [1.807, 2.05) is 26.1 Å². The third-order valence-corrected chi connectivity index (χ3v) is 4.75. The van der Waals surface area contributed by atoms with Crippen LogP contribution in [0.15, 0.2) is 48.8 Å². The van der Waals surface area contributed by atoms with Gasteiger partial charge in [0.1, 0.15) is 17.3 Å². The second-order valence-corrected chi connectivity index (χ2v) is 7.37. The molecule has 0 bridgehead atoms. The zero-order valence-corrected chi connectivity index (χ0v) is 16.8. The van der Waals surface area contributed by atoms with Crippen LogP contribution in [0.4, 0.5) is 10.2 Å². The summed E-state index contributed by atoms with van der Waals surface area (Å²) < 4.78 is 26.3. The lowest BCUT2D eigenvalue weighted by Crippen LogP contribution is -2.18. The fraction of sp³-hybridized carbons (Fsp3) is 0.318. The number of aromatic nitrogens is 3. The van der Waals surface area contributed by atoms with Gasteiger partial charge in [-0.3, -0.25) is 9.48 Å². The van der Waals surface area contributed by atoms with Gasteiger partial charge in [0.05, 0.1) is 19.8 Å². The number of amides is 1. The number of hydrogen-bond donors (Lipinski definition) is 1. The Morgan fingerprint density at radius 3 is 2.63 bits per heavy atom. The van der Waals surface area contributed by atoms with Gasteiger partial charge in [-0.1, -0.05) is 13.8 Å². The molecular formula is C22H23FN4O3. The largest absolute Gasteiger partial charge is 0.348 e. The minimum Gasteiger partial charge on any atom is -0.348 e. The number of benzene rings is 1. The monoisotopic (exact) mass is 410 g/mol. The van der Waals surface area contributed by atoms with Crippen LogP contribution >= 0.6 is 0 Å². The maximum atomic E-state index is 13.4. The van der Waals surface area contributed by atoms with Crippen molar-refractivity contribution in [2.45, 2.75) is 26.7 Å². The van der Waals surface area contributed by atoms with Crippen LogP contribution in [0.5, 0.6) is 0 Å². The molecule has 30 heavy (non-hydrogen) atoms. The first-order valence-corrected chi connectivity index (χ1v) is 9.83. The Morgan fingerprint density at radius 1 is 1.20 bits per heavy atom. The second-order valence-electron chi connectivity index (χ2n) is 7.37. The third kappa shape index (κ3) is 4.55. The fourth-order valence-corrected chi connectivity index (χ4v) is 3.15. The van der Waals surface area contributed by atoms with Gasteiger partial charge in [-0.25, -0.2) is 9.37 Å². The van der Waals surface area contributed by atoms with Crippen molar-refractivity contribution in [3.8, 4) is 22.4 Å². The Labute approximate surface area is 173 Å². The highest BCUT2D eigenvalue weighted by atomic mass is 19.1. The van der Waals surface area contributed by atoms with E-state index in [-0.39, 0.29) is 23.9 Å². The Kier molecular flexibility index (Phi) is 5.87. The number of carbonyl (C=O) groups excluding carboxylic acids is 1. The quantitative estimate of drug-likeness (QED) is 0.670. The standard InChI is InChI=1S/C22H23FN4O3/c1-14(2)22(28)25-19-11-16(7-8-24-19)18-12-27(13-20-29-9-10-30-20)26-21(18)15-3-5-17(23)6-4-15/h3-8,11-12,14,20H,9-10,13H2,1-2H3,(H,24,25,28). The van der Waals surface area contributed by atoms with E-state index in [1.165, 1.54) is 12.1 Å². The first-order chi connectivity index (χ1) is 14.5. The van der Waals surface area contributed by atoms with E-state index < -0.39 is 0 Å². The SMILES string of the molecule is CC(C)C(=O)Nc1cc(-c2cn(CC3OCCO3)nc2-c2ccc(F)cc2)ccn1. The van der Waals surface area contributed by atoms with Crippen LogP contribution in [0, 0.1) is 11.7 Å². The summed E-state index contributed by atoms with van der Waals surface area (Å²) in [6.45, 7) is 5.21. The van der Waals surface area contributed by atoms with Crippen LogP contribution in [-0.2, 0) is 20.8 Å². The molecule has 0 atom stereocenters. The molecule has 1 aliphatic rings. The van der Waals surface area contributed by atoms with Crippen LogP contribution in [-0.4, -0.2) is 40.2 Å². The molecular weight excluding hydrogens is 387 g/mol. The van der Waals surface area contributed by atoms with Crippen LogP contribution in [0.1, 0.15) is 13.8 Å². The van der Waals surface area contributed by atoms with E-state index in [2.05, 4.69) is 10.3 Å². The number of nitrogens with zero attached hydrogens (tertiary/aromatic N) is 3. The fourth-order valence-electron chi connectivity index (χ4n) is 3.15. The molecule has 0 unspecified atom stereocenters.